The highest BCUT2D eigenvalue weighted by Crippen LogP contribution is 2.27. The normalized spacial score (nSPS) is 42.6. The molecule has 2 heterocycles. The van der Waals surface area contributed by atoms with Crippen LogP contribution in [-0.2, 0) is 23.8 Å². The van der Waals surface area contributed by atoms with Crippen molar-refractivity contribution in [2.75, 3.05) is 13.2 Å². The van der Waals surface area contributed by atoms with E-state index in [-0.39, 0.29) is 0 Å². The van der Waals surface area contributed by atoms with E-state index in [0.29, 0.717) is 0 Å². The van der Waals surface area contributed by atoms with E-state index in [9.17, 15) is 30.0 Å². The first-order valence-electron chi connectivity index (χ1n) is 6.81. The Morgan fingerprint density at radius 1 is 1.09 bits per heavy atom. The van der Waals surface area contributed by atoms with Crippen molar-refractivity contribution in [3.05, 3.63) is 0 Å². The molecule has 0 radical (unpaired) electrons. The third-order valence-electron chi connectivity index (χ3n) is 3.70. The number of esters is 1. The van der Waals surface area contributed by atoms with Gasteiger partial charge in [-0.2, -0.15) is 0 Å². The molecule has 132 valence electrons. The second-order valence-electron chi connectivity index (χ2n) is 5.24. The van der Waals surface area contributed by atoms with Gasteiger partial charge in [-0.25, -0.2) is 4.79 Å². The fraction of sp³-hybridized carbons (Fsp3) is 0.833. The number of ketones is 1. The molecule has 0 aromatic rings. The van der Waals surface area contributed by atoms with E-state index in [1.54, 1.807) is 0 Å². The average Bonchev–Trinajstić information content (AvgIpc) is 2.82. The van der Waals surface area contributed by atoms with Crippen molar-refractivity contribution >= 4 is 11.8 Å². The van der Waals surface area contributed by atoms with Crippen molar-refractivity contribution in [1.29, 1.82) is 0 Å². The lowest BCUT2D eigenvalue weighted by atomic mass is 9.99. The Bertz CT molecular complexity index is 452. The zero-order chi connectivity index (χ0) is 17.3. The van der Waals surface area contributed by atoms with Gasteiger partial charge in [0.15, 0.2) is 18.5 Å². The van der Waals surface area contributed by atoms with E-state index >= 15 is 0 Å². The molecular formula is C12H18O11. The average molecular weight is 338 g/mol. The van der Waals surface area contributed by atoms with Gasteiger partial charge in [0.2, 0.25) is 0 Å². The monoisotopic (exact) mass is 338 g/mol. The van der Waals surface area contributed by atoms with Gasteiger partial charge in [0.05, 0.1) is 13.2 Å². The lowest BCUT2D eigenvalue weighted by Gasteiger charge is -2.40. The predicted octanol–water partition coefficient (Wildman–Crippen LogP) is -4.98. The van der Waals surface area contributed by atoms with Crippen LogP contribution >= 0.6 is 0 Å². The van der Waals surface area contributed by atoms with Crippen LogP contribution < -0.4 is 0 Å². The first-order valence-corrected chi connectivity index (χ1v) is 6.81. The second kappa shape index (κ2) is 7.15. The molecule has 0 spiro atoms. The molecule has 0 saturated carbocycles. The molecule has 0 aliphatic carbocycles. The molecule has 11 heteroatoms. The number of cyclic esters (lactones) is 1. The third kappa shape index (κ3) is 3.36. The molecule has 2 rings (SSSR count). The number of rotatable bonds is 5. The Hall–Kier alpha value is -1.18. The molecule has 0 aromatic heterocycles. The minimum atomic E-state index is -1.79. The molecule has 8 atom stereocenters. The van der Waals surface area contributed by atoms with Gasteiger partial charge >= 0.3 is 5.97 Å². The molecule has 0 amide bonds. The standard InChI is InChI=1S/C12H18O11/c13-1-3(15)9-10(8(19)11(20)22-9)23-12-7(18)6(17)5(16)4(2-14)21-12/h3-7,9-10,12-18H,1-2H2/t3-,4-,5-,6+,7-,9+,10?,12-/m0/s1. The highest BCUT2D eigenvalue weighted by Gasteiger charge is 2.52. The minimum absolute atomic E-state index is 0.707. The molecule has 2 saturated heterocycles. The lowest BCUT2D eigenvalue weighted by Crippen LogP contribution is -2.60. The summed E-state index contributed by atoms with van der Waals surface area (Å²) in [4.78, 5) is 23.0. The van der Waals surface area contributed by atoms with Crippen molar-refractivity contribution < 1.29 is 54.4 Å². The Labute approximate surface area is 129 Å². The van der Waals surface area contributed by atoms with Crippen molar-refractivity contribution in [3.63, 3.8) is 0 Å². The molecule has 6 N–H and O–H groups in total. The summed E-state index contributed by atoms with van der Waals surface area (Å²) in [6.07, 6.45) is -12.9. The van der Waals surface area contributed by atoms with Gasteiger partial charge in [0.1, 0.15) is 30.5 Å². The van der Waals surface area contributed by atoms with E-state index in [0.717, 1.165) is 0 Å². The molecule has 0 bridgehead atoms. The van der Waals surface area contributed by atoms with Gasteiger partial charge < -0.3 is 44.8 Å². The van der Waals surface area contributed by atoms with Crippen molar-refractivity contribution in [1.82, 2.24) is 0 Å². The van der Waals surface area contributed by atoms with Crippen LogP contribution in [0.15, 0.2) is 0 Å². The summed E-state index contributed by atoms with van der Waals surface area (Å²) < 4.78 is 14.7. The maximum Gasteiger partial charge on any atom is 0.378 e. The number of carbonyl (C=O) groups excluding carboxylic acids is 2. The van der Waals surface area contributed by atoms with Crippen LogP contribution in [0.2, 0.25) is 0 Å². The zero-order valence-corrected chi connectivity index (χ0v) is 11.8. The Morgan fingerprint density at radius 3 is 2.30 bits per heavy atom. The molecule has 11 nitrogen and oxygen atoms in total. The van der Waals surface area contributed by atoms with E-state index < -0.39 is 74.0 Å². The van der Waals surface area contributed by atoms with Crippen LogP contribution in [0.4, 0.5) is 0 Å². The summed E-state index contributed by atoms with van der Waals surface area (Å²) in [5.41, 5.74) is 0. The van der Waals surface area contributed by atoms with Crippen LogP contribution in [0.3, 0.4) is 0 Å². The Kier molecular flexibility index (Phi) is 5.65. The molecule has 2 aliphatic heterocycles. The van der Waals surface area contributed by atoms with Crippen molar-refractivity contribution in [2.45, 2.75) is 49.0 Å². The van der Waals surface area contributed by atoms with Crippen LogP contribution in [0.1, 0.15) is 0 Å². The van der Waals surface area contributed by atoms with E-state index in [4.69, 9.17) is 19.7 Å². The number of hydrogen-bond donors (Lipinski definition) is 6. The van der Waals surface area contributed by atoms with Gasteiger partial charge in [0, 0.05) is 0 Å². The van der Waals surface area contributed by atoms with Crippen molar-refractivity contribution in [2.24, 2.45) is 0 Å². The Morgan fingerprint density at radius 2 is 1.74 bits per heavy atom. The largest absolute Gasteiger partial charge is 0.450 e. The first-order chi connectivity index (χ1) is 10.8. The number of aliphatic hydroxyl groups is 6. The molecule has 1 unspecified atom stereocenters. The van der Waals surface area contributed by atoms with Crippen molar-refractivity contribution in [3.8, 4) is 0 Å². The third-order valence-corrected chi connectivity index (χ3v) is 3.70. The summed E-state index contributed by atoms with van der Waals surface area (Å²) in [5, 5.41) is 56.6. The summed E-state index contributed by atoms with van der Waals surface area (Å²) >= 11 is 0. The molecule has 2 fully saturated rings. The van der Waals surface area contributed by atoms with E-state index in [2.05, 4.69) is 4.74 Å². The first kappa shape index (κ1) is 18.2. The van der Waals surface area contributed by atoms with Gasteiger partial charge in [-0.1, -0.05) is 0 Å². The maximum absolute atomic E-state index is 11.7. The van der Waals surface area contributed by atoms with Crippen LogP contribution in [0, 0.1) is 0 Å². The number of aliphatic hydroxyl groups excluding tert-OH is 6. The van der Waals surface area contributed by atoms with Crippen LogP contribution in [0.25, 0.3) is 0 Å². The fourth-order valence-corrected chi connectivity index (χ4v) is 2.36. The summed E-state index contributed by atoms with van der Waals surface area (Å²) in [7, 11) is 0. The van der Waals surface area contributed by atoms with Gasteiger partial charge in [-0.05, 0) is 0 Å². The molecule has 0 aromatic carbocycles. The summed E-state index contributed by atoms with van der Waals surface area (Å²) in [5.74, 6) is -2.46. The molecule has 23 heavy (non-hydrogen) atoms. The zero-order valence-electron chi connectivity index (χ0n) is 11.8. The smallest absolute Gasteiger partial charge is 0.378 e. The van der Waals surface area contributed by atoms with E-state index in [1.165, 1.54) is 0 Å². The van der Waals surface area contributed by atoms with Crippen LogP contribution in [0.5, 0.6) is 0 Å². The highest BCUT2D eigenvalue weighted by molar-refractivity contribution is 6.37. The molecular weight excluding hydrogens is 320 g/mol. The number of ether oxygens (including phenoxy) is 3. The summed E-state index contributed by atoms with van der Waals surface area (Å²) in [6.45, 7) is -1.53. The van der Waals surface area contributed by atoms with E-state index in [1.807, 2.05) is 0 Å². The van der Waals surface area contributed by atoms with Gasteiger partial charge in [-0.15, -0.1) is 0 Å². The van der Waals surface area contributed by atoms with Crippen LogP contribution in [-0.4, -0.2) is 105 Å². The highest BCUT2D eigenvalue weighted by atomic mass is 16.7. The lowest BCUT2D eigenvalue weighted by molar-refractivity contribution is -0.312. The van der Waals surface area contributed by atoms with Gasteiger partial charge in [-0.3, -0.25) is 4.79 Å². The second-order valence-corrected chi connectivity index (χ2v) is 5.24. The SMILES string of the molecule is O=C1O[C@H]([C@@H](O)CO)C(O[C@@H]2O[C@@H](CO)[C@H](O)[C@@H](O)[C@@H]2O)C1=O. The topological polar surface area (TPSA) is 183 Å². The number of Topliss-reactive ketones (excluding diaryl/α,β-unsaturated/α-hetero) is 1. The predicted molar refractivity (Wildman–Crippen MR) is 66.6 cm³/mol. The minimum Gasteiger partial charge on any atom is -0.450 e. The van der Waals surface area contributed by atoms with Gasteiger partial charge in [0.25, 0.3) is 5.78 Å². The number of carbonyl (C=O) groups is 2. The maximum atomic E-state index is 11.7. The summed E-state index contributed by atoms with van der Waals surface area (Å²) in [6, 6.07) is 0. The fourth-order valence-electron chi connectivity index (χ4n) is 2.36. The molecule has 2 aliphatic rings. The quantitative estimate of drug-likeness (QED) is 0.208. The number of hydrogen-bond acceptors (Lipinski definition) is 11. The Balaban J connectivity index is 2.15.